The first-order valence-corrected chi connectivity index (χ1v) is 10.6. The van der Waals surface area contributed by atoms with E-state index in [0.717, 1.165) is 0 Å². The molecule has 16 heteroatoms. The second-order valence-electron chi connectivity index (χ2n) is 8.33. The molecule has 0 aromatic carbocycles. The SMILES string of the molecule is OC[C@H]1O[C@H](O[C@@H]2[C@@H](O[C@H]3[C@H](O)[C@@H](CO)OC(O)[C@@H]3O)O[C@H](CO)[C@@H](O)[C@@H]2O)[C@@H](O)[C@@H](O)[C@@H]1O. The highest BCUT2D eigenvalue weighted by molar-refractivity contribution is 4.96. The number of rotatable bonds is 7. The first-order valence-electron chi connectivity index (χ1n) is 10.6. The summed E-state index contributed by atoms with van der Waals surface area (Å²) in [4.78, 5) is 0. The smallest absolute Gasteiger partial charge is 0.187 e. The van der Waals surface area contributed by atoms with Crippen LogP contribution in [-0.2, 0) is 23.7 Å². The lowest BCUT2D eigenvalue weighted by molar-refractivity contribution is -0.387. The molecule has 34 heavy (non-hydrogen) atoms. The summed E-state index contributed by atoms with van der Waals surface area (Å²) in [6.45, 7) is -2.34. The zero-order valence-corrected chi connectivity index (χ0v) is 17.7. The number of aliphatic hydroxyl groups excluding tert-OH is 11. The van der Waals surface area contributed by atoms with Gasteiger partial charge in [0.25, 0.3) is 0 Å². The molecular formula is C18H32O16. The van der Waals surface area contributed by atoms with Gasteiger partial charge in [0.2, 0.25) is 0 Å². The predicted octanol–water partition coefficient (Wildman–Crippen LogP) is -7.57. The Kier molecular flexibility index (Phi) is 9.54. The highest BCUT2D eigenvalue weighted by atomic mass is 16.8. The van der Waals surface area contributed by atoms with E-state index in [1.54, 1.807) is 0 Å². The maximum absolute atomic E-state index is 10.6. The molecule has 3 heterocycles. The van der Waals surface area contributed by atoms with Crippen LogP contribution >= 0.6 is 0 Å². The zero-order chi connectivity index (χ0) is 25.3. The van der Waals surface area contributed by atoms with Gasteiger partial charge in [0, 0.05) is 0 Å². The third-order valence-electron chi connectivity index (χ3n) is 6.10. The summed E-state index contributed by atoms with van der Waals surface area (Å²) < 4.78 is 26.5. The van der Waals surface area contributed by atoms with Crippen LogP contribution in [0.25, 0.3) is 0 Å². The van der Waals surface area contributed by atoms with Crippen molar-refractivity contribution in [2.75, 3.05) is 19.8 Å². The fourth-order valence-electron chi connectivity index (χ4n) is 4.03. The van der Waals surface area contributed by atoms with E-state index >= 15 is 0 Å². The maximum atomic E-state index is 10.6. The van der Waals surface area contributed by atoms with Gasteiger partial charge in [-0.05, 0) is 0 Å². The van der Waals surface area contributed by atoms with Crippen molar-refractivity contribution < 1.29 is 79.9 Å². The summed E-state index contributed by atoms with van der Waals surface area (Å²) in [6.07, 6.45) is -25.7. The molecule has 11 N–H and O–H groups in total. The summed E-state index contributed by atoms with van der Waals surface area (Å²) in [7, 11) is 0. The minimum atomic E-state index is -1.89. The third-order valence-corrected chi connectivity index (χ3v) is 6.10. The molecule has 3 rings (SSSR count). The predicted molar refractivity (Wildman–Crippen MR) is 101 cm³/mol. The first-order chi connectivity index (χ1) is 16.0. The van der Waals surface area contributed by atoms with Gasteiger partial charge in [-0.25, -0.2) is 0 Å². The van der Waals surface area contributed by atoms with Crippen LogP contribution in [0.3, 0.4) is 0 Å². The average molecular weight is 504 g/mol. The monoisotopic (exact) mass is 504 g/mol. The summed E-state index contributed by atoms with van der Waals surface area (Å²) in [5.41, 5.74) is 0. The lowest BCUT2D eigenvalue weighted by Gasteiger charge is -2.48. The molecule has 3 aliphatic heterocycles. The molecule has 0 saturated carbocycles. The van der Waals surface area contributed by atoms with Crippen LogP contribution in [0.15, 0.2) is 0 Å². The van der Waals surface area contributed by atoms with Crippen molar-refractivity contribution >= 4 is 0 Å². The van der Waals surface area contributed by atoms with Gasteiger partial charge < -0.3 is 79.9 Å². The van der Waals surface area contributed by atoms with E-state index < -0.39 is 112 Å². The molecule has 0 radical (unpaired) electrons. The van der Waals surface area contributed by atoms with Crippen LogP contribution in [0.2, 0.25) is 0 Å². The fourth-order valence-corrected chi connectivity index (χ4v) is 4.03. The largest absolute Gasteiger partial charge is 0.394 e. The molecule has 1 unspecified atom stereocenters. The molecule has 200 valence electrons. The quantitative estimate of drug-likeness (QED) is 0.154. The topological polar surface area (TPSA) is 269 Å². The summed E-state index contributed by atoms with van der Waals surface area (Å²) in [6, 6.07) is 0. The van der Waals surface area contributed by atoms with Gasteiger partial charge >= 0.3 is 0 Å². The lowest BCUT2D eigenvalue weighted by Crippen LogP contribution is -2.67. The fraction of sp³-hybridized carbons (Fsp3) is 1.00. The number of hydrogen-bond acceptors (Lipinski definition) is 16. The van der Waals surface area contributed by atoms with Crippen LogP contribution in [-0.4, -0.2) is 168 Å². The van der Waals surface area contributed by atoms with E-state index in [0.29, 0.717) is 0 Å². The van der Waals surface area contributed by atoms with Crippen molar-refractivity contribution in [3.63, 3.8) is 0 Å². The molecular weight excluding hydrogens is 472 g/mol. The average Bonchev–Trinajstić information content (AvgIpc) is 2.83. The lowest BCUT2D eigenvalue weighted by atomic mass is 9.96. The number of aliphatic hydroxyl groups is 11. The standard InChI is InChI=1S/C18H32O16/c19-1-4-7(22)10(25)12(27)17(31-4)34-15-11(26)8(23)5(2-20)32-18(15)33-14-9(24)6(3-21)30-16(29)13(14)28/h4-29H,1-3H2/t4-,5-,6-,7-,8-,9-,10+,11+,12+,13-,14+,15+,16?,17-,18-/m1/s1. The Labute approximate surface area is 192 Å². The summed E-state index contributed by atoms with van der Waals surface area (Å²) in [5.74, 6) is 0. The minimum Gasteiger partial charge on any atom is -0.394 e. The Balaban J connectivity index is 1.84. The van der Waals surface area contributed by atoms with Gasteiger partial charge in [-0.15, -0.1) is 0 Å². The Morgan fingerprint density at radius 2 is 0.912 bits per heavy atom. The van der Waals surface area contributed by atoms with Crippen molar-refractivity contribution in [1.29, 1.82) is 0 Å². The second-order valence-corrected chi connectivity index (χ2v) is 8.33. The van der Waals surface area contributed by atoms with Crippen LogP contribution in [0, 0.1) is 0 Å². The summed E-state index contributed by atoms with van der Waals surface area (Å²) >= 11 is 0. The van der Waals surface area contributed by atoms with Crippen LogP contribution in [0.4, 0.5) is 0 Å². The highest BCUT2D eigenvalue weighted by Gasteiger charge is 2.53. The molecule has 3 saturated heterocycles. The second kappa shape index (κ2) is 11.6. The van der Waals surface area contributed by atoms with Crippen molar-refractivity contribution in [2.45, 2.75) is 92.1 Å². The minimum absolute atomic E-state index is 0.762. The molecule has 0 aromatic rings. The van der Waals surface area contributed by atoms with Crippen molar-refractivity contribution in [2.24, 2.45) is 0 Å². The molecule has 0 aromatic heterocycles. The van der Waals surface area contributed by atoms with Crippen LogP contribution in [0.5, 0.6) is 0 Å². The van der Waals surface area contributed by atoms with Gasteiger partial charge in [-0.3, -0.25) is 0 Å². The van der Waals surface area contributed by atoms with E-state index in [4.69, 9.17) is 23.7 Å². The molecule has 0 amide bonds. The van der Waals surface area contributed by atoms with Crippen LogP contribution < -0.4 is 0 Å². The molecule has 16 nitrogen and oxygen atoms in total. The zero-order valence-electron chi connectivity index (χ0n) is 17.7. The van der Waals surface area contributed by atoms with Crippen molar-refractivity contribution in [3.05, 3.63) is 0 Å². The van der Waals surface area contributed by atoms with Crippen molar-refractivity contribution in [1.82, 2.24) is 0 Å². The summed E-state index contributed by atoms with van der Waals surface area (Å²) in [5, 5.41) is 110. The Morgan fingerprint density at radius 1 is 0.441 bits per heavy atom. The number of ether oxygens (including phenoxy) is 5. The molecule has 3 fully saturated rings. The Bertz CT molecular complexity index is 639. The van der Waals surface area contributed by atoms with Gasteiger partial charge in [0.05, 0.1) is 19.8 Å². The van der Waals surface area contributed by atoms with E-state index in [1.165, 1.54) is 0 Å². The van der Waals surface area contributed by atoms with E-state index in [1.807, 2.05) is 0 Å². The molecule has 0 aliphatic carbocycles. The van der Waals surface area contributed by atoms with E-state index in [-0.39, 0.29) is 0 Å². The molecule has 3 aliphatic rings. The van der Waals surface area contributed by atoms with Gasteiger partial charge in [-0.1, -0.05) is 0 Å². The Morgan fingerprint density at radius 3 is 1.47 bits per heavy atom. The molecule has 15 atom stereocenters. The van der Waals surface area contributed by atoms with Crippen LogP contribution in [0.1, 0.15) is 0 Å². The highest BCUT2D eigenvalue weighted by Crippen LogP contribution is 2.32. The number of hydrogen-bond donors (Lipinski definition) is 11. The van der Waals surface area contributed by atoms with Gasteiger partial charge in [-0.2, -0.15) is 0 Å². The van der Waals surface area contributed by atoms with Crippen molar-refractivity contribution in [3.8, 4) is 0 Å². The maximum Gasteiger partial charge on any atom is 0.187 e. The molecule has 0 bridgehead atoms. The normalized spacial score (nSPS) is 52.5. The first kappa shape index (κ1) is 27.9. The van der Waals surface area contributed by atoms with E-state index in [2.05, 4.69) is 0 Å². The van der Waals surface area contributed by atoms with Gasteiger partial charge in [0.1, 0.15) is 73.2 Å². The third kappa shape index (κ3) is 5.37. The van der Waals surface area contributed by atoms with E-state index in [9.17, 15) is 56.2 Å². The van der Waals surface area contributed by atoms with Gasteiger partial charge in [0.15, 0.2) is 18.9 Å². The molecule has 0 spiro atoms. The Hall–Kier alpha value is -0.640.